The number of thioether (sulfide) groups is 1. The number of aryl methyl sites for hydroxylation is 1. The van der Waals surface area contributed by atoms with Gasteiger partial charge in [0, 0.05) is 19.5 Å². The molecule has 1 fully saturated rings. The minimum Gasteiger partial charge on any atom is -0.378 e. The van der Waals surface area contributed by atoms with Gasteiger partial charge in [0.05, 0.1) is 18.5 Å². The van der Waals surface area contributed by atoms with E-state index in [-0.39, 0.29) is 5.25 Å². The molecular formula is C14H21N5O2S2. The van der Waals surface area contributed by atoms with Gasteiger partial charge in [0.15, 0.2) is 10.2 Å². The van der Waals surface area contributed by atoms with Crippen molar-refractivity contribution in [2.24, 2.45) is 0 Å². The minimum absolute atomic E-state index is 0.0726. The molecule has 1 aliphatic rings. The second kappa shape index (κ2) is 8.07. The van der Waals surface area contributed by atoms with Crippen LogP contribution in [-0.2, 0) is 11.2 Å². The van der Waals surface area contributed by atoms with Crippen molar-refractivity contribution in [1.29, 1.82) is 0 Å². The van der Waals surface area contributed by atoms with E-state index in [1.54, 1.807) is 23.1 Å². The monoisotopic (exact) mass is 355 g/mol. The van der Waals surface area contributed by atoms with E-state index >= 15 is 0 Å². The van der Waals surface area contributed by atoms with E-state index < -0.39 is 0 Å². The van der Waals surface area contributed by atoms with Crippen LogP contribution in [0.4, 0.5) is 5.13 Å². The van der Waals surface area contributed by atoms with E-state index in [1.807, 2.05) is 0 Å². The van der Waals surface area contributed by atoms with Gasteiger partial charge in [-0.05, 0) is 13.3 Å². The average Bonchev–Trinajstić information content (AvgIpc) is 3.23. The highest BCUT2D eigenvalue weighted by Crippen LogP contribution is 2.37. The summed E-state index contributed by atoms with van der Waals surface area (Å²) in [5.74, 6) is 1.45. The van der Waals surface area contributed by atoms with Gasteiger partial charge in [0.2, 0.25) is 11.0 Å². The predicted octanol–water partition coefficient (Wildman–Crippen LogP) is 2.95. The number of unbranched alkanes of at least 4 members (excludes halogenated alkanes) is 1. The predicted molar refractivity (Wildman–Crippen MR) is 90.1 cm³/mol. The first-order chi connectivity index (χ1) is 11.3. The van der Waals surface area contributed by atoms with E-state index in [1.165, 1.54) is 0 Å². The Bertz CT molecular complexity index is 612. The first-order valence-corrected chi connectivity index (χ1v) is 9.61. The molecule has 9 heteroatoms. The van der Waals surface area contributed by atoms with Crippen LogP contribution in [0.5, 0.6) is 0 Å². The molecule has 0 radical (unpaired) electrons. The lowest BCUT2D eigenvalue weighted by molar-refractivity contribution is 0.122. The Morgan fingerprint density at radius 1 is 1.30 bits per heavy atom. The number of hydrogen-bond acceptors (Lipinski definition) is 9. The number of nitrogens with zero attached hydrogens (tertiary/aromatic N) is 5. The van der Waals surface area contributed by atoms with Gasteiger partial charge in [-0.2, -0.15) is 4.98 Å². The topological polar surface area (TPSA) is 77.2 Å². The largest absolute Gasteiger partial charge is 0.378 e. The molecule has 7 nitrogen and oxygen atoms in total. The Morgan fingerprint density at radius 2 is 2.13 bits per heavy atom. The molecule has 0 aliphatic carbocycles. The highest BCUT2D eigenvalue weighted by atomic mass is 32.2. The summed E-state index contributed by atoms with van der Waals surface area (Å²) >= 11 is 3.21. The summed E-state index contributed by atoms with van der Waals surface area (Å²) in [6.45, 7) is 7.46. The molecule has 1 unspecified atom stereocenters. The third kappa shape index (κ3) is 4.42. The van der Waals surface area contributed by atoms with Crippen LogP contribution in [0.25, 0.3) is 0 Å². The summed E-state index contributed by atoms with van der Waals surface area (Å²) in [5, 5.41) is 13.6. The number of anilines is 1. The second-order valence-corrected chi connectivity index (χ2v) is 7.91. The lowest BCUT2D eigenvalue weighted by Crippen LogP contribution is -2.36. The quantitative estimate of drug-likeness (QED) is 0.702. The van der Waals surface area contributed by atoms with Gasteiger partial charge >= 0.3 is 0 Å². The van der Waals surface area contributed by atoms with Crippen LogP contribution in [0.1, 0.15) is 43.7 Å². The Hall–Kier alpha value is -1.19. The van der Waals surface area contributed by atoms with Crippen LogP contribution < -0.4 is 4.90 Å². The number of aromatic nitrogens is 4. The molecular weight excluding hydrogens is 334 g/mol. The third-order valence-corrected chi connectivity index (χ3v) is 5.70. The number of ether oxygens (including phenoxy) is 1. The Balaban J connectivity index is 1.58. The molecule has 1 aliphatic heterocycles. The summed E-state index contributed by atoms with van der Waals surface area (Å²) in [4.78, 5) is 6.69. The fraction of sp³-hybridized carbons (Fsp3) is 0.714. The molecule has 0 N–H and O–H groups in total. The van der Waals surface area contributed by atoms with Crippen LogP contribution in [0.2, 0.25) is 0 Å². The van der Waals surface area contributed by atoms with Gasteiger partial charge in [-0.25, -0.2) is 0 Å². The molecule has 2 aromatic heterocycles. The number of rotatable bonds is 7. The molecule has 0 amide bonds. The molecule has 3 heterocycles. The average molecular weight is 355 g/mol. The summed E-state index contributed by atoms with van der Waals surface area (Å²) in [6.07, 6.45) is 3.08. The molecule has 0 aromatic carbocycles. The smallest absolute Gasteiger partial charge is 0.239 e. The summed E-state index contributed by atoms with van der Waals surface area (Å²) in [5.41, 5.74) is 0. The SMILES string of the molecule is CCCCc1noc(C(C)Sc2nnc(N3CCOCC3)s2)n1. The van der Waals surface area contributed by atoms with Crippen molar-refractivity contribution < 1.29 is 9.26 Å². The maximum atomic E-state index is 5.37. The third-order valence-electron chi connectivity index (χ3n) is 3.54. The van der Waals surface area contributed by atoms with Crippen LogP contribution >= 0.6 is 23.1 Å². The van der Waals surface area contributed by atoms with Gasteiger partial charge in [-0.15, -0.1) is 10.2 Å². The van der Waals surface area contributed by atoms with Crippen molar-refractivity contribution in [3.05, 3.63) is 11.7 Å². The van der Waals surface area contributed by atoms with E-state index in [4.69, 9.17) is 9.26 Å². The molecule has 0 spiro atoms. The summed E-state index contributed by atoms with van der Waals surface area (Å²) < 4.78 is 11.7. The normalized spacial score (nSPS) is 16.7. The highest BCUT2D eigenvalue weighted by Gasteiger charge is 2.20. The zero-order valence-corrected chi connectivity index (χ0v) is 15.0. The molecule has 1 saturated heterocycles. The molecule has 0 bridgehead atoms. The Kier molecular flexibility index (Phi) is 5.85. The van der Waals surface area contributed by atoms with Crippen molar-refractivity contribution >= 4 is 28.2 Å². The van der Waals surface area contributed by atoms with E-state index in [0.29, 0.717) is 5.89 Å². The molecule has 0 saturated carbocycles. The van der Waals surface area contributed by atoms with Crippen molar-refractivity contribution in [3.8, 4) is 0 Å². The number of hydrogen-bond donors (Lipinski definition) is 0. The van der Waals surface area contributed by atoms with Crippen LogP contribution in [0.15, 0.2) is 8.86 Å². The maximum Gasteiger partial charge on any atom is 0.239 e. The first-order valence-electron chi connectivity index (χ1n) is 7.91. The molecule has 3 rings (SSSR count). The summed E-state index contributed by atoms with van der Waals surface area (Å²) in [7, 11) is 0. The van der Waals surface area contributed by atoms with Crippen molar-refractivity contribution in [1.82, 2.24) is 20.3 Å². The lowest BCUT2D eigenvalue weighted by Gasteiger charge is -2.25. The van der Waals surface area contributed by atoms with Crippen molar-refractivity contribution in [2.45, 2.75) is 42.7 Å². The van der Waals surface area contributed by atoms with Crippen LogP contribution in [-0.4, -0.2) is 46.6 Å². The van der Waals surface area contributed by atoms with Crippen molar-refractivity contribution in [2.75, 3.05) is 31.2 Å². The molecule has 23 heavy (non-hydrogen) atoms. The van der Waals surface area contributed by atoms with E-state index in [0.717, 1.165) is 60.9 Å². The Morgan fingerprint density at radius 3 is 2.91 bits per heavy atom. The zero-order chi connectivity index (χ0) is 16.1. The summed E-state index contributed by atoms with van der Waals surface area (Å²) in [6, 6.07) is 0. The van der Waals surface area contributed by atoms with Gasteiger partial charge in [0.1, 0.15) is 0 Å². The molecule has 2 aromatic rings. The van der Waals surface area contributed by atoms with E-state index in [2.05, 4.69) is 39.1 Å². The van der Waals surface area contributed by atoms with Gasteiger partial charge in [0.25, 0.3) is 0 Å². The zero-order valence-electron chi connectivity index (χ0n) is 13.4. The Labute approximate surface area is 143 Å². The highest BCUT2D eigenvalue weighted by molar-refractivity contribution is 8.01. The van der Waals surface area contributed by atoms with Gasteiger partial charge in [-0.3, -0.25) is 0 Å². The van der Waals surface area contributed by atoms with E-state index in [9.17, 15) is 0 Å². The standard InChI is InChI=1S/C14H21N5O2S2/c1-3-4-5-11-15-12(21-18-11)10(2)22-14-17-16-13(23-14)19-6-8-20-9-7-19/h10H,3-9H2,1-2H3. The second-order valence-electron chi connectivity index (χ2n) is 5.36. The van der Waals surface area contributed by atoms with Gasteiger partial charge in [-0.1, -0.05) is 41.6 Å². The van der Waals surface area contributed by atoms with Crippen LogP contribution in [0.3, 0.4) is 0 Å². The minimum atomic E-state index is 0.0726. The van der Waals surface area contributed by atoms with Crippen LogP contribution in [0, 0.1) is 0 Å². The molecule has 1 atom stereocenters. The lowest BCUT2D eigenvalue weighted by atomic mass is 10.2. The van der Waals surface area contributed by atoms with Gasteiger partial charge < -0.3 is 14.2 Å². The fourth-order valence-electron chi connectivity index (χ4n) is 2.20. The maximum absolute atomic E-state index is 5.37. The molecule has 126 valence electrons. The number of morpholine rings is 1. The fourth-order valence-corrected chi connectivity index (χ4v) is 4.27. The first kappa shape index (κ1) is 16.7. The van der Waals surface area contributed by atoms with Crippen molar-refractivity contribution in [3.63, 3.8) is 0 Å².